The van der Waals surface area contributed by atoms with Gasteiger partial charge >= 0.3 is 0 Å². The van der Waals surface area contributed by atoms with Crippen LogP contribution in [0.15, 0.2) is 0 Å². The average Bonchev–Trinajstić information content (AvgIpc) is 2.84. The summed E-state index contributed by atoms with van der Waals surface area (Å²) < 4.78 is 7.67. The van der Waals surface area contributed by atoms with Crippen molar-refractivity contribution < 1.29 is 4.74 Å². The summed E-state index contributed by atoms with van der Waals surface area (Å²) in [7, 11) is 0. The summed E-state index contributed by atoms with van der Waals surface area (Å²) in [5.41, 5.74) is 7.66. The second-order valence-electron chi connectivity index (χ2n) is 4.70. The van der Waals surface area contributed by atoms with Gasteiger partial charge in [-0.2, -0.15) is 0 Å². The van der Waals surface area contributed by atoms with Crippen molar-refractivity contribution >= 4 is 0 Å². The molecule has 1 atom stereocenters. The highest BCUT2D eigenvalue weighted by molar-refractivity contribution is 5.14. The maximum Gasteiger partial charge on any atom is 0.102 e. The summed E-state index contributed by atoms with van der Waals surface area (Å²) in [6.45, 7) is 6.49. The number of hydrogen-bond donors (Lipinski definition) is 1. The van der Waals surface area contributed by atoms with Crippen LogP contribution in [0.1, 0.15) is 44.2 Å². The summed E-state index contributed by atoms with van der Waals surface area (Å²) in [6, 6.07) is 0. The minimum atomic E-state index is 0.146. The predicted octanol–water partition coefficient (Wildman–Crippen LogP) is 1.24. The van der Waals surface area contributed by atoms with E-state index in [0.29, 0.717) is 12.5 Å². The molecule has 0 bridgehead atoms. The maximum absolute atomic E-state index is 5.71. The monoisotopic (exact) mass is 224 g/mol. The Labute approximate surface area is 96.0 Å². The fraction of sp³-hybridized carbons (Fsp3) is 0.818. The van der Waals surface area contributed by atoms with E-state index in [-0.39, 0.29) is 6.10 Å². The first-order valence-corrected chi connectivity index (χ1v) is 5.96. The Morgan fingerprint density at radius 1 is 1.56 bits per heavy atom. The van der Waals surface area contributed by atoms with E-state index in [9.17, 15) is 0 Å². The van der Waals surface area contributed by atoms with Gasteiger partial charge in [0.15, 0.2) is 0 Å². The smallest absolute Gasteiger partial charge is 0.102 e. The molecule has 2 heterocycles. The zero-order valence-electron chi connectivity index (χ0n) is 10.0. The fourth-order valence-corrected chi connectivity index (χ4v) is 2.13. The van der Waals surface area contributed by atoms with Crippen LogP contribution >= 0.6 is 0 Å². The van der Waals surface area contributed by atoms with E-state index < -0.39 is 0 Å². The molecule has 5 heteroatoms. The van der Waals surface area contributed by atoms with Gasteiger partial charge in [0.2, 0.25) is 0 Å². The molecule has 0 aliphatic carbocycles. The van der Waals surface area contributed by atoms with Gasteiger partial charge in [0.25, 0.3) is 0 Å². The number of ether oxygens (including phenoxy) is 1. The van der Waals surface area contributed by atoms with Crippen LogP contribution in [-0.2, 0) is 17.8 Å². The largest absolute Gasteiger partial charge is 0.372 e. The summed E-state index contributed by atoms with van der Waals surface area (Å²) in [6.07, 6.45) is 2.31. The Kier molecular flexibility index (Phi) is 3.56. The number of hydrogen-bond acceptors (Lipinski definition) is 4. The second kappa shape index (κ2) is 4.93. The van der Waals surface area contributed by atoms with E-state index in [0.717, 1.165) is 37.4 Å². The zero-order valence-corrected chi connectivity index (χ0v) is 10.0. The Hall–Kier alpha value is -0.940. The highest BCUT2D eigenvalue weighted by Gasteiger charge is 2.26. The number of nitrogens with zero attached hydrogens (tertiary/aromatic N) is 3. The van der Waals surface area contributed by atoms with Crippen molar-refractivity contribution in [1.29, 1.82) is 0 Å². The Bertz CT molecular complexity index is 342. The number of rotatable bonds is 4. The first-order chi connectivity index (χ1) is 7.72. The lowest BCUT2D eigenvalue weighted by molar-refractivity contribution is 0.103. The van der Waals surface area contributed by atoms with Crippen molar-refractivity contribution in [2.75, 3.05) is 6.61 Å². The van der Waals surface area contributed by atoms with Gasteiger partial charge in [-0.1, -0.05) is 19.1 Å². The normalized spacial score (nSPS) is 20.9. The lowest BCUT2D eigenvalue weighted by Gasteiger charge is -2.14. The third kappa shape index (κ3) is 2.25. The van der Waals surface area contributed by atoms with Gasteiger partial charge in [-0.25, -0.2) is 4.68 Å². The predicted molar refractivity (Wildman–Crippen MR) is 60.7 cm³/mol. The van der Waals surface area contributed by atoms with Crippen LogP contribution in [0.2, 0.25) is 0 Å². The molecule has 0 radical (unpaired) electrons. The molecule has 16 heavy (non-hydrogen) atoms. The minimum absolute atomic E-state index is 0.146. The molecule has 1 aromatic rings. The molecular formula is C11H20N4O. The number of nitrogens with two attached hydrogens (primary N) is 1. The molecule has 1 saturated heterocycles. The van der Waals surface area contributed by atoms with Gasteiger partial charge in [-0.05, 0) is 18.8 Å². The topological polar surface area (TPSA) is 66.0 Å². The van der Waals surface area contributed by atoms with Crippen LogP contribution in [0.5, 0.6) is 0 Å². The second-order valence-corrected chi connectivity index (χ2v) is 4.70. The van der Waals surface area contributed by atoms with E-state index >= 15 is 0 Å². The molecule has 2 rings (SSSR count). The molecule has 1 fully saturated rings. The van der Waals surface area contributed by atoms with Crippen LogP contribution in [-0.4, -0.2) is 21.6 Å². The molecule has 5 nitrogen and oxygen atoms in total. The Balaban J connectivity index is 2.26. The lowest BCUT2D eigenvalue weighted by Crippen LogP contribution is -2.14. The fourth-order valence-electron chi connectivity index (χ4n) is 2.13. The molecule has 2 N–H and O–H groups in total. The molecular weight excluding hydrogens is 204 g/mol. The number of aromatic nitrogens is 3. The standard InChI is InChI=1S/C11H20N4O/c1-8(2)7-15-11(9(6-12)13-14-15)10-4-3-5-16-10/h8,10H,3-7,12H2,1-2H3. The molecule has 1 aromatic heterocycles. The van der Waals surface area contributed by atoms with Crippen molar-refractivity contribution in [2.45, 2.75) is 45.9 Å². The van der Waals surface area contributed by atoms with Gasteiger partial charge in [0.05, 0.1) is 5.69 Å². The average molecular weight is 224 g/mol. The van der Waals surface area contributed by atoms with Gasteiger partial charge in [-0.15, -0.1) is 5.10 Å². The molecule has 1 aliphatic heterocycles. The van der Waals surface area contributed by atoms with Crippen molar-refractivity contribution in [3.8, 4) is 0 Å². The highest BCUT2D eigenvalue weighted by atomic mass is 16.5. The van der Waals surface area contributed by atoms with Crippen LogP contribution in [0.4, 0.5) is 0 Å². The van der Waals surface area contributed by atoms with Crippen LogP contribution in [0, 0.1) is 5.92 Å². The van der Waals surface area contributed by atoms with Crippen LogP contribution < -0.4 is 5.73 Å². The quantitative estimate of drug-likeness (QED) is 0.835. The lowest BCUT2D eigenvalue weighted by atomic mass is 10.1. The van der Waals surface area contributed by atoms with Gasteiger partial charge in [0, 0.05) is 19.7 Å². The first kappa shape index (κ1) is 11.5. The molecule has 1 unspecified atom stereocenters. The molecule has 1 aliphatic rings. The molecule has 90 valence electrons. The van der Waals surface area contributed by atoms with Gasteiger partial charge in [0.1, 0.15) is 11.8 Å². The van der Waals surface area contributed by atoms with Crippen LogP contribution in [0.25, 0.3) is 0 Å². The van der Waals surface area contributed by atoms with Gasteiger partial charge in [-0.3, -0.25) is 0 Å². The van der Waals surface area contributed by atoms with Gasteiger partial charge < -0.3 is 10.5 Å². The Morgan fingerprint density at radius 2 is 2.38 bits per heavy atom. The SMILES string of the molecule is CC(C)Cn1nnc(CN)c1C1CCCO1. The molecule has 0 spiro atoms. The maximum atomic E-state index is 5.71. The summed E-state index contributed by atoms with van der Waals surface area (Å²) in [5.74, 6) is 0.549. The van der Waals surface area contributed by atoms with E-state index in [1.807, 2.05) is 4.68 Å². The van der Waals surface area contributed by atoms with E-state index in [4.69, 9.17) is 10.5 Å². The van der Waals surface area contributed by atoms with Crippen molar-refractivity contribution in [2.24, 2.45) is 11.7 Å². The molecule has 0 saturated carbocycles. The van der Waals surface area contributed by atoms with Crippen molar-refractivity contribution in [1.82, 2.24) is 15.0 Å². The minimum Gasteiger partial charge on any atom is -0.372 e. The summed E-state index contributed by atoms with van der Waals surface area (Å²) >= 11 is 0. The molecule has 0 aromatic carbocycles. The van der Waals surface area contributed by atoms with E-state index in [2.05, 4.69) is 24.2 Å². The van der Waals surface area contributed by atoms with E-state index in [1.54, 1.807) is 0 Å². The van der Waals surface area contributed by atoms with Crippen LogP contribution in [0.3, 0.4) is 0 Å². The third-order valence-corrected chi connectivity index (χ3v) is 2.81. The highest BCUT2D eigenvalue weighted by Crippen LogP contribution is 2.30. The Morgan fingerprint density at radius 3 is 2.94 bits per heavy atom. The van der Waals surface area contributed by atoms with Crippen molar-refractivity contribution in [3.05, 3.63) is 11.4 Å². The first-order valence-electron chi connectivity index (χ1n) is 5.96. The summed E-state index contributed by atoms with van der Waals surface area (Å²) in [5, 5.41) is 8.32. The summed E-state index contributed by atoms with van der Waals surface area (Å²) in [4.78, 5) is 0. The zero-order chi connectivity index (χ0) is 11.5. The third-order valence-electron chi connectivity index (χ3n) is 2.81. The van der Waals surface area contributed by atoms with E-state index in [1.165, 1.54) is 0 Å². The molecule has 0 amide bonds. The van der Waals surface area contributed by atoms with Crippen molar-refractivity contribution in [3.63, 3.8) is 0 Å².